The van der Waals surface area contributed by atoms with E-state index in [1.807, 2.05) is 52.1 Å². The number of amides is 2. The number of likely N-dealkylation sites (tertiary alicyclic amines) is 1. The van der Waals surface area contributed by atoms with Crippen LogP contribution in [0.2, 0.25) is 0 Å². The zero-order chi connectivity index (χ0) is 25.8. The fourth-order valence-corrected chi connectivity index (χ4v) is 4.90. The maximum atomic E-state index is 13.4. The lowest BCUT2D eigenvalue weighted by Gasteiger charge is -2.19. The van der Waals surface area contributed by atoms with E-state index in [0.29, 0.717) is 52.7 Å². The number of carbonyl (C=O) groups excluding carboxylic acids is 2. The number of pyridine rings is 1. The predicted molar refractivity (Wildman–Crippen MR) is 143 cm³/mol. The van der Waals surface area contributed by atoms with E-state index < -0.39 is 0 Å². The minimum Gasteiger partial charge on any atom is -0.488 e. The molecule has 8 nitrogen and oxygen atoms in total. The van der Waals surface area contributed by atoms with Gasteiger partial charge in [-0.15, -0.1) is 0 Å². The van der Waals surface area contributed by atoms with Crippen molar-refractivity contribution in [1.29, 1.82) is 0 Å². The maximum absolute atomic E-state index is 13.4. The summed E-state index contributed by atoms with van der Waals surface area (Å²) < 4.78 is 7.97. The number of hydrogen-bond donors (Lipinski definition) is 2. The molecule has 4 rings (SSSR count). The fourth-order valence-electron chi connectivity index (χ4n) is 4.90. The molecule has 2 aromatic heterocycles. The third-order valence-electron chi connectivity index (χ3n) is 6.82. The maximum Gasteiger partial charge on any atom is 0.271 e. The van der Waals surface area contributed by atoms with Gasteiger partial charge >= 0.3 is 0 Å². The van der Waals surface area contributed by atoms with Crippen LogP contribution in [-0.4, -0.2) is 58.5 Å². The van der Waals surface area contributed by atoms with Crippen molar-refractivity contribution >= 4 is 28.5 Å². The fraction of sp³-hybridized carbons (Fsp3) is 0.464. The summed E-state index contributed by atoms with van der Waals surface area (Å²) in [4.78, 5) is 33.4. The van der Waals surface area contributed by atoms with Gasteiger partial charge in [0, 0.05) is 25.2 Å². The van der Waals surface area contributed by atoms with Crippen LogP contribution in [0.15, 0.2) is 36.4 Å². The summed E-state index contributed by atoms with van der Waals surface area (Å²) in [5.74, 6) is 0.103. The third kappa shape index (κ3) is 5.38. The Morgan fingerprint density at radius 1 is 1.17 bits per heavy atom. The third-order valence-corrected chi connectivity index (χ3v) is 6.82. The molecule has 0 spiro atoms. The van der Waals surface area contributed by atoms with Gasteiger partial charge in [0.25, 0.3) is 11.8 Å². The molecule has 0 bridgehead atoms. The number of benzene rings is 1. The Morgan fingerprint density at radius 2 is 1.92 bits per heavy atom. The summed E-state index contributed by atoms with van der Waals surface area (Å²) in [6, 6.07) is 11.5. The normalized spacial score (nSPS) is 16.0. The first-order chi connectivity index (χ1) is 17.3. The van der Waals surface area contributed by atoms with Gasteiger partial charge in [-0.3, -0.25) is 9.59 Å². The van der Waals surface area contributed by atoms with Crippen LogP contribution in [0.3, 0.4) is 0 Å². The van der Waals surface area contributed by atoms with Crippen molar-refractivity contribution in [3.8, 4) is 5.75 Å². The molecule has 1 fully saturated rings. The quantitative estimate of drug-likeness (QED) is 0.464. The molecular weight excluding hydrogens is 454 g/mol. The van der Waals surface area contributed by atoms with Crippen molar-refractivity contribution in [1.82, 2.24) is 19.8 Å². The van der Waals surface area contributed by atoms with Crippen LogP contribution < -0.4 is 15.4 Å². The molecule has 3 aromatic rings. The number of nitrogens with zero attached hydrogens (tertiary/aromatic N) is 3. The minimum atomic E-state index is -0.205. The van der Waals surface area contributed by atoms with Crippen molar-refractivity contribution in [2.24, 2.45) is 7.05 Å². The van der Waals surface area contributed by atoms with Gasteiger partial charge in [0.15, 0.2) is 11.4 Å². The molecule has 36 heavy (non-hydrogen) atoms. The van der Waals surface area contributed by atoms with Gasteiger partial charge in [0.05, 0.1) is 22.9 Å². The average Bonchev–Trinajstić information content (AvgIpc) is 3.38. The molecule has 0 saturated carbocycles. The van der Waals surface area contributed by atoms with Crippen LogP contribution in [0, 0.1) is 0 Å². The first-order valence-electron chi connectivity index (χ1n) is 12.8. The summed E-state index contributed by atoms with van der Waals surface area (Å²) in [6.07, 6.45) is 3.79. The summed E-state index contributed by atoms with van der Waals surface area (Å²) in [5.41, 5.74) is 3.04. The molecule has 1 aliphatic heterocycles. The molecule has 0 aliphatic carbocycles. The average molecular weight is 492 g/mol. The van der Waals surface area contributed by atoms with Crippen molar-refractivity contribution in [3.05, 3.63) is 53.3 Å². The van der Waals surface area contributed by atoms with Gasteiger partial charge in [0.2, 0.25) is 0 Å². The molecule has 8 heteroatoms. The zero-order valence-electron chi connectivity index (χ0n) is 21.9. The molecule has 0 radical (unpaired) electrons. The Balaban J connectivity index is 1.66. The molecule has 2 amide bonds. The van der Waals surface area contributed by atoms with Crippen molar-refractivity contribution in [2.45, 2.75) is 58.6 Å². The molecular formula is C28H37N5O3. The monoisotopic (exact) mass is 491 g/mol. The number of hydrogen-bond acceptors (Lipinski definition) is 5. The van der Waals surface area contributed by atoms with E-state index in [4.69, 9.17) is 9.72 Å². The van der Waals surface area contributed by atoms with E-state index in [1.165, 1.54) is 12.8 Å². The number of anilines is 1. The molecule has 1 atom stereocenters. The molecule has 2 N–H and O–H groups in total. The summed E-state index contributed by atoms with van der Waals surface area (Å²) >= 11 is 0. The first kappa shape index (κ1) is 25.7. The van der Waals surface area contributed by atoms with Crippen LogP contribution in [0.1, 0.15) is 66.6 Å². The number of rotatable bonds is 9. The molecule has 1 unspecified atom stereocenters. The van der Waals surface area contributed by atoms with E-state index in [2.05, 4.69) is 22.6 Å². The number of fused-ring (bicyclic) bond motifs is 1. The van der Waals surface area contributed by atoms with E-state index in [-0.39, 0.29) is 17.9 Å². The highest BCUT2D eigenvalue weighted by Gasteiger charge is 2.27. The molecule has 1 aromatic carbocycles. The van der Waals surface area contributed by atoms with Gasteiger partial charge in [-0.05, 0) is 71.3 Å². The number of aromatic nitrogens is 2. The Morgan fingerprint density at radius 3 is 2.56 bits per heavy atom. The Hall–Kier alpha value is -3.39. The lowest BCUT2D eigenvalue weighted by Crippen LogP contribution is -2.32. The second kappa shape index (κ2) is 11.1. The van der Waals surface area contributed by atoms with E-state index in [1.54, 1.807) is 16.7 Å². The molecule has 1 aliphatic rings. The number of aryl methyl sites for hydroxylation is 2. The van der Waals surface area contributed by atoms with Crippen LogP contribution in [0.5, 0.6) is 5.75 Å². The largest absolute Gasteiger partial charge is 0.488 e. The molecule has 192 valence electrons. The summed E-state index contributed by atoms with van der Waals surface area (Å²) in [6.45, 7) is 7.57. The van der Waals surface area contributed by atoms with Gasteiger partial charge in [-0.2, -0.15) is 0 Å². The van der Waals surface area contributed by atoms with Gasteiger partial charge < -0.3 is 24.8 Å². The number of ether oxygens (including phenoxy) is 1. The molecule has 1 saturated heterocycles. The first-order valence-corrected chi connectivity index (χ1v) is 12.8. The van der Waals surface area contributed by atoms with Crippen molar-refractivity contribution < 1.29 is 14.3 Å². The van der Waals surface area contributed by atoms with Crippen molar-refractivity contribution in [2.75, 3.05) is 25.5 Å². The Bertz CT molecular complexity index is 1240. The van der Waals surface area contributed by atoms with Crippen LogP contribution in [0.25, 0.3) is 11.0 Å². The van der Waals surface area contributed by atoms with Crippen LogP contribution in [-0.2, 0) is 13.5 Å². The van der Waals surface area contributed by atoms with Crippen molar-refractivity contribution in [3.63, 3.8) is 0 Å². The Kier molecular flexibility index (Phi) is 7.94. The number of nitrogens with one attached hydrogen (secondary N) is 2. The summed E-state index contributed by atoms with van der Waals surface area (Å²) in [7, 11) is 3.98. The minimum absolute atomic E-state index is 0.137. The second-order valence-electron chi connectivity index (χ2n) is 9.75. The van der Waals surface area contributed by atoms with Crippen LogP contribution in [0.4, 0.5) is 5.69 Å². The summed E-state index contributed by atoms with van der Waals surface area (Å²) in [5, 5.41) is 6.80. The van der Waals surface area contributed by atoms with Gasteiger partial charge in [-0.25, -0.2) is 4.98 Å². The van der Waals surface area contributed by atoms with Gasteiger partial charge in [-0.1, -0.05) is 25.1 Å². The predicted octanol–water partition coefficient (Wildman–Crippen LogP) is 4.39. The van der Waals surface area contributed by atoms with E-state index in [0.717, 1.165) is 18.7 Å². The number of carbonyl (C=O) groups is 2. The van der Waals surface area contributed by atoms with E-state index in [9.17, 15) is 9.59 Å². The zero-order valence-corrected chi connectivity index (χ0v) is 21.9. The highest BCUT2D eigenvalue weighted by Crippen LogP contribution is 2.35. The SMILES string of the molecule is CCc1nc2c(cc1NC(=O)c1ccccc1)c(OC(C)C)c(C(=O)NCCC1CCCN1C)n2C. The lowest BCUT2D eigenvalue weighted by atomic mass is 10.1. The Labute approximate surface area is 213 Å². The second-order valence-corrected chi connectivity index (χ2v) is 9.75. The smallest absolute Gasteiger partial charge is 0.271 e. The topological polar surface area (TPSA) is 88.5 Å². The molecule has 3 heterocycles. The standard InChI is InChI=1S/C28H37N5O3/c1-6-22-23(31-27(34)19-11-8-7-9-12-19)17-21-25(36-18(2)3)24(33(5)26(21)30-22)28(35)29-15-14-20-13-10-16-32(20)4/h7-9,11-12,17-18,20H,6,10,13-16H2,1-5H3,(H,29,35)(H,31,34). The lowest BCUT2D eigenvalue weighted by molar-refractivity contribution is 0.0935. The van der Waals surface area contributed by atoms with Gasteiger partial charge in [0.1, 0.15) is 5.65 Å². The highest BCUT2D eigenvalue weighted by atomic mass is 16.5. The highest BCUT2D eigenvalue weighted by molar-refractivity contribution is 6.07. The van der Waals surface area contributed by atoms with Crippen LogP contribution >= 0.6 is 0 Å². The van der Waals surface area contributed by atoms with E-state index >= 15 is 0 Å².